The lowest BCUT2D eigenvalue weighted by atomic mass is 10.1. The van der Waals surface area contributed by atoms with Crippen molar-refractivity contribution >= 4 is 11.4 Å². The summed E-state index contributed by atoms with van der Waals surface area (Å²) in [6, 6.07) is 4.81. The Morgan fingerprint density at radius 2 is 2.14 bits per heavy atom. The van der Waals surface area contributed by atoms with Gasteiger partial charge in [0.2, 0.25) is 0 Å². The Balaban J connectivity index is 2.54. The topological polar surface area (TPSA) is 38.0 Å². The molecular formula is C11H17FN2. The summed E-state index contributed by atoms with van der Waals surface area (Å²) in [6.07, 6.45) is 1.05. The van der Waals surface area contributed by atoms with E-state index in [1.807, 2.05) is 0 Å². The predicted molar refractivity (Wildman–Crippen MR) is 58.8 cm³/mol. The number of para-hydroxylation sites is 1. The summed E-state index contributed by atoms with van der Waals surface area (Å²) in [7, 11) is 0. The van der Waals surface area contributed by atoms with Crippen LogP contribution in [0.5, 0.6) is 0 Å². The second-order valence-corrected chi connectivity index (χ2v) is 3.81. The predicted octanol–water partition coefficient (Wildman–Crippen LogP) is 2.87. The minimum absolute atomic E-state index is 0.205. The van der Waals surface area contributed by atoms with Crippen molar-refractivity contribution in [1.82, 2.24) is 0 Å². The lowest BCUT2D eigenvalue weighted by Gasteiger charge is -2.10. The largest absolute Gasteiger partial charge is 0.395 e. The number of hydrogen-bond acceptors (Lipinski definition) is 2. The summed E-state index contributed by atoms with van der Waals surface area (Å²) < 4.78 is 13.0. The molecule has 0 saturated carbocycles. The molecule has 1 rings (SSSR count). The highest BCUT2D eigenvalue weighted by Crippen LogP contribution is 2.21. The summed E-state index contributed by atoms with van der Waals surface area (Å²) in [6.45, 7) is 5.12. The molecule has 0 aliphatic heterocycles. The van der Waals surface area contributed by atoms with E-state index in [4.69, 9.17) is 5.73 Å². The second-order valence-electron chi connectivity index (χ2n) is 3.81. The summed E-state index contributed by atoms with van der Waals surface area (Å²) in [5.74, 6) is 0.275. The Labute approximate surface area is 84.3 Å². The zero-order valence-corrected chi connectivity index (χ0v) is 8.68. The van der Waals surface area contributed by atoms with Crippen molar-refractivity contribution in [2.75, 3.05) is 17.6 Å². The molecule has 0 unspecified atom stereocenters. The van der Waals surface area contributed by atoms with Crippen LogP contribution < -0.4 is 11.1 Å². The third-order valence-corrected chi connectivity index (χ3v) is 2.09. The summed E-state index contributed by atoms with van der Waals surface area (Å²) >= 11 is 0. The van der Waals surface area contributed by atoms with Gasteiger partial charge in [0.15, 0.2) is 0 Å². The molecule has 0 aliphatic carbocycles. The fraction of sp³-hybridized carbons (Fsp3) is 0.455. The summed E-state index contributed by atoms with van der Waals surface area (Å²) in [5, 5.41) is 3.12. The van der Waals surface area contributed by atoms with Crippen LogP contribution in [0.1, 0.15) is 20.3 Å². The van der Waals surface area contributed by atoms with Crippen LogP contribution in [-0.2, 0) is 0 Å². The average Bonchev–Trinajstić information content (AvgIpc) is 2.12. The lowest BCUT2D eigenvalue weighted by molar-refractivity contribution is 0.606. The molecular weight excluding hydrogens is 179 g/mol. The van der Waals surface area contributed by atoms with E-state index in [1.54, 1.807) is 12.1 Å². The van der Waals surface area contributed by atoms with Gasteiger partial charge in [-0.15, -0.1) is 0 Å². The zero-order valence-electron chi connectivity index (χ0n) is 8.68. The minimum Gasteiger partial charge on any atom is -0.395 e. The van der Waals surface area contributed by atoms with Gasteiger partial charge in [0.05, 0.1) is 11.4 Å². The Hall–Kier alpha value is -1.25. The number of halogens is 1. The van der Waals surface area contributed by atoms with Gasteiger partial charge in [0, 0.05) is 6.54 Å². The molecule has 0 aliphatic rings. The third kappa shape index (κ3) is 2.91. The molecule has 0 radical (unpaired) electrons. The van der Waals surface area contributed by atoms with Crippen molar-refractivity contribution in [3.63, 3.8) is 0 Å². The van der Waals surface area contributed by atoms with Crippen molar-refractivity contribution in [1.29, 1.82) is 0 Å². The van der Waals surface area contributed by atoms with Crippen LogP contribution >= 0.6 is 0 Å². The number of nitrogen functional groups attached to an aromatic ring is 1. The Kier molecular flexibility index (Phi) is 3.74. The number of rotatable bonds is 4. The highest BCUT2D eigenvalue weighted by molar-refractivity contribution is 5.66. The van der Waals surface area contributed by atoms with E-state index in [2.05, 4.69) is 19.2 Å². The van der Waals surface area contributed by atoms with Gasteiger partial charge in [-0.2, -0.15) is 0 Å². The van der Waals surface area contributed by atoms with E-state index >= 15 is 0 Å². The van der Waals surface area contributed by atoms with E-state index in [0.29, 0.717) is 11.6 Å². The van der Waals surface area contributed by atoms with Crippen molar-refractivity contribution in [3.05, 3.63) is 24.0 Å². The second kappa shape index (κ2) is 4.84. The maximum atomic E-state index is 13.0. The smallest absolute Gasteiger partial charge is 0.148 e. The fourth-order valence-electron chi connectivity index (χ4n) is 1.19. The normalized spacial score (nSPS) is 10.6. The Morgan fingerprint density at radius 3 is 2.79 bits per heavy atom. The number of hydrogen-bond donors (Lipinski definition) is 2. The first-order valence-corrected chi connectivity index (χ1v) is 4.89. The van der Waals surface area contributed by atoms with Gasteiger partial charge in [0.1, 0.15) is 5.82 Å². The molecule has 0 atom stereocenters. The molecule has 0 fully saturated rings. The molecule has 1 aromatic carbocycles. The van der Waals surface area contributed by atoms with Gasteiger partial charge in [-0.25, -0.2) is 4.39 Å². The summed E-state index contributed by atoms with van der Waals surface area (Å²) in [4.78, 5) is 0. The molecule has 0 saturated heterocycles. The van der Waals surface area contributed by atoms with Gasteiger partial charge in [0.25, 0.3) is 0 Å². The first-order chi connectivity index (χ1) is 6.61. The molecule has 2 nitrogen and oxygen atoms in total. The van der Waals surface area contributed by atoms with E-state index in [9.17, 15) is 4.39 Å². The van der Waals surface area contributed by atoms with Crippen molar-refractivity contribution in [3.8, 4) is 0 Å². The van der Waals surface area contributed by atoms with Crippen molar-refractivity contribution in [2.45, 2.75) is 20.3 Å². The number of benzene rings is 1. The highest BCUT2D eigenvalue weighted by Gasteiger charge is 2.03. The molecule has 14 heavy (non-hydrogen) atoms. The van der Waals surface area contributed by atoms with Gasteiger partial charge in [-0.3, -0.25) is 0 Å². The van der Waals surface area contributed by atoms with Gasteiger partial charge >= 0.3 is 0 Å². The molecule has 0 amide bonds. The molecule has 0 bridgehead atoms. The van der Waals surface area contributed by atoms with E-state index < -0.39 is 0 Å². The zero-order chi connectivity index (χ0) is 10.6. The molecule has 0 spiro atoms. The van der Waals surface area contributed by atoms with Gasteiger partial charge in [-0.05, 0) is 24.5 Å². The number of nitrogens with two attached hydrogens (primary N) is 1. The minimum atomic E-state index is -0.362. The summed E-state index contributed by atoms with van der Waals surface area (Å²) in [5.41, 5.74) is 6.45. The molecule has 0 heterocycles. The first kappa shape index (κ1) is 10.8. The SMILES string of the molecule is CC(C)CCNc1cccc(F)c1N. The van der Waals surface area contributed by atoms with E-state index in [1.165, 1.54) is 6.07 Å². The van der Waals surface area contributed by atoms with E-state index in [-0.39, 0.29) is 11.5 Å². The van der Waals surface area contributed by atoms with Crippen LogP contribution in [0.3, 0.4) is 0 Å². The van der Waals surface area contributed by atoms with Gasteiger partial charge < -0.3 is 11.1 Å². The number of anilines is 2. The lowest BCUT2D eigenvalue weighted by Crippen LogP contribution is -2.07. The van der Waals surface area contributed by atoms with Crippen LogP contribution in [-0.4, -0.2) is 6.54 Å². The average molecular weight is 196 g/mol. The van der Waals surface area contributed by atoms with Crippen molar-refractivity contribution < 1.29 is 4.39 Å². The van der Waals surface area contributed by atoms with Crippen LogP contribution in [0.2, 0.25) is 0 Å². The standard InChI is InChI=1S/C11H17FN2/c1-8(2)6-7-14-10-5-3-4-9(12)11(10)13/h3-5,8,14H,6-7,13H2,1-2H3. The Bertz CT molecular complexity index is 297. The fourth-order valence-corrected chi connectivity index (χ4v) is 1.19. The van der Waals surface area contributed by atoms with Crippen LogP contribution in [0.4, 0.5) is 15.8 Å². The van der Waals surface area contributed by atoms with E-state index in [0.717, 1.165) is 13.0 Å². The first-order valence-electron chi connectivity index (χ1n) is 4.89. The molecule has 3 N–H and O–H groups in total. The van der Waals surface area contributed by atoms with Crippen molar-refractivity contribution in [2.24, 2.45) is 5.92 Å². The monoisotopic (exact) mass is 196 g/mol. The molecule has 1 aromatic rings. The quantitative estimate of drug-likeness (QED) is 0.727. The molecule has 78 valence electrons. The Morgan fingerprint density at radius 1 is 1.43 bits per heavy atom. The highest BCUT2D eigenvalue weighted by atomic mass is 19.1. The number of nitrogens with one attached hydrogen (secondary N) is 1. The molecule has 0 aromatic heterocycles. The maximum absolute atomic E-state index is 13.0. The third-order valence-electron chi connectivity index (χ3n) is 2.09. The van der Waals surface area contributed by atoms with Crippen LogP contribution in [0, 0.1) is 11.7 Å². The maximum Gasteiger partial charge on any atom is 0.148 e. The van der Waals surface area contributed by atoms with Crippen LogP contribution in [0.25, 0.3) is 0 Å². The van der Waals surface area contributed by atoms with Gasteiger partial charge in [-0.1, -0.05) is 19.9 Å². The van der Waals surface area contributed by atoms with Crippen LogP contribution in [0.15, 0.2) is 18.2 Å². The molecule has 3 heteroatoms.